The lowest BCUT2D eigenvalue weighted by Crippen LogP contribution is -2.45. The van der Waals surface area contributed by atoms with Crippen LogP contribution < -0.4 is 21.9 Å². The molecule has 4 aromatic heterocycles. The van der Waals surface area contributed by atoms with Gasteiger partial charge in [0, 0.05) is 6.54 Å². The van der Waals surface area contributed by atoms with E-state index < -0.39 is 87.0 Å². The quantitative estimate of drug-likeness (QED) is 0.0865. The van der Waals surface area contributed by atoms with E-state index in [0.29, 0.717) is 6.54 Å². The molecule has 8 heterocycles. The number of H-pyrrole nitrogens is 1. The van der Waals surface area contributed by atoms with Crippen LogP contribution in [0, 0.1) is 0 Å². The molecule has 10 atom stereocenters. The molecule has 8 rings (SSSR count). The Bertz CT molecular complexity index is 2230. The van der Waals surface area contributed by atoms with Crippen molar-refractivity contribution >= 4 is 77.8 Å². The van der Waals surface area contributed by atoms with Crippen LogP contribution >= 0.6 is 25.8 Å². The fourth-order valence-corrected chi connectivity index (χ4v) is 9.32. The van der Waals surface area contributed by atoms with E-state index in [4.69, 9.17) is 54.6 Å². The predicted molar refractivity (Wildman–Crippen MR) is 183 cm³/mol. The van der Waals surface area contributed by atoms with E-state index in [1.54, 1.807) is 7.05 Å². The molecule has 4 aromatic rings. The molecule has 0 saturated carbocycles. The number of fused-ring (bicyclic) bond motifs is 4. The number of halogens is 1. The van der Waals surface area contributed by atoms with Crippen molar-refractivity contribution in [2.75, 3.05) is 51.1 Å². The summed E-state index contributed by atoms with van der Waals surface area (Å²) in [6, 6.07) is 0. The molecule has 4 bridgehead atoms. The lowest BCUT2D eigenvalue weighted by atomic mass is 10.0. The molecule has 286 valence electrons. The van der Waals surface area contributed by atoms with Gasteiger partial charge < -0.3 is 39.4 Å². The third-order valence-electron chi connectivity index (χ3n) is 8.78. The van der Waals surface area contributed by atoms with E-state index in [1.807, 2.05) is 0 Å². The molecule has 4 aliphatic rings. The van der Waals surface area contributed by atoms with Crippen LogP contribution in [-0.2, 0) is 53.4 Å². The highest BCUT2D eigenvalue weighted by atomic mass is 32.7. The number of aromatic amines is 1. The molecule has 6 N–H and O–H groups in total. The smallest absolute Gasteiger partial charge is 0.412 e. The highest BCUT2D eigenvalue weighted by Crippen LogP contribution is 2.61. The zero-order valence-electron chi connectivity index (χ0n) is 27.1. The minimum atomic E-state index is -4.50. The average Bonchev–Trinajstić information content (AvgIpc) is 3.91. The number of anilines is 2. The fraction of sp³-hybridized carbons (Fsp3) is 0.560. The van der Waals surface area contributed by atoms with Gasteiger partial charge in [-0.05, 0) is 18.9 Å². The number of ether oxygens (including phenoxy) is 4. The molecular formula is C25H30FN11O12P2S2. The van der Waals surface area contributed by atoms with Crippen molar-refractivity contribution in [1.82, 2.24) is 44.4 Å². The maximum absolute atomic E-state index is 16.1. The van der Waals surface area contributed by atoms with E-state index in [9.17, 15) is 19.0 Å². The number of hydrogen-bond acceptors (Lipinski definition) is 19. The summed E-state index contributed by atoms with van der Waals surface area (Å²) < 4.78 is 79.0. The van der Waals surface area contributed by atoms with Crippen molar-refractivity contribution in [3.8, 4) is 0 Å². The molecule has 1 amide bonds. The summed E-state index contributed by atoms with van der Waals surface area (Å²) in [5.41, 5.74) is 3.60. The summed E-state index contributed by atoms with van der Waals surface area (Å²) >= 11 is 9.47. The number of nitrogens with two attached hydrogens (primary N) is 1. The van der Waals surface area contributed by atoms with Crippen LogP contribution in [0.5, 0.6) is 0 Å². The molecular weight excluding hydrogens is 791 g/mol. The van der Waals surface area contributed by atoms with Crippen LogP contribution in [0.25, 0.3) is 22.3 Å². The molecule has 0 radical (unpaired) electrons. The van der Waals surface area contributed by atoms with Crippen molar-refractivity contribution in [3.05, 3.63) is 29.3 Å². The van der Waals surface area contributed by atoms with Gasteiger partial charge in [-0.3, -0.25) is 37.8 Å². The Labute approximate surface area is 306 Å². The van der Waals surface area contributed by atoms with Crippen LogP contribution in [-0.4, -0.2) is 126 Å². The van der Waals surface area contributed by atoms with E-state index in [2.05, 4.69) is 52.8 Å². The number of thiol groups is 1. The zero-order valence-corrected chi connectivity index (χ0v) is 30.6. The molecule has 4 aliphatic heterocycles. The highest BCUT2D eigenvalue weighted by Gasteiger charge is 2.65. The SMILES string of the molecule is CNCCOC(=O)Nc1ncnc2c1ncn2[C@@H]1O[C@@]23CO[C@@H]1[C@@H]2OP(O)(=S)OCC1O[C@@H](n2cnc4c(=O)[nH]c(N)nc42)[C@H](OP(=O)(S)OC3)[C@@H]1F. The number of carbonyl (C=O) groups excluding carboxylic acids is 1. The fourth-order valence-electron chi connectivity index (χ4n) is 6.40. The molecule has 0 aromatic carbocycles. The maximum Gasteiger partial charge on any atom is 0.412 e. The van der Waals surface area contributed by atoms with Crippen LogP contribution in [0.4, 0.5) is 21.0 Å². The van der Waals surface area contributed by atoms with Crippen molar-refractivity contribution in [1.29, 1.82) is 0 Å². The van der Waals surface area contributed by atoms with Gasteiger partial charge in [0.1, 0.15) is 43.0 Å². The number of nitrogen functional groups attached to an aromatic ring is 1. The third-order valence-corrected chi connectivity index (χ3v) is 11.9. The first-order valence-corrected chi connectivity index (χ1v) is 21.0. The molecule has 0 spiro atoms. The van der Waals surface area contributed by atoms with Gasteiger partial charge >= 0.3 is 19.6 Å². The Morgan fingerprint density at radius 3 is 2.74 bits per heavy atom. The second-order valence-corrected chi connectivity index (χ2v) is 17.8. The number of amides is 1. The van der Waals surface area contributed by atoms with E-state index >= 15 is 4.39 Å². The van der Waals surface area contributed by atoms with Crippen molar-refractivity contribution in [3.63, 3.8) is 0 Å². The monoisotopic (exact) mass is 821 g/mol. The second kappa shape index (κ2) is 13.8. The lowest BCUT2D eigenvalue weighted by molar-refractivity contribution is -0.182. The summed E-state index contributed by atoms with van der Waals surface area (Å²) in [7, 11) is 1.71. The van der Waals surface area contributed by atoms with Crippen molar-refractivity contribution in [2.45, 2.75) is 48.6 Å². The first-order valence-electron chi connectivity index (χ1n) is 15.7. The molecule has 28 heteroatoms. The van der Waals surface area contributed by atoms with E-state index in [-0.39, 0.29) is 47.3 Å². The number of alkyl halides is 1. The van der Waals surface area contributed by atoms with Gasteiger partial charge in [-0.25, -0.2) is 33.7 Å². The maximum atomic E-state index is 16.1. The number of imidazole rings is 2. The molecule has 23 nitrogen and oxygen atoms in total. The predicted octanol–water partition coefficient (Wildman–Crippen LogP) is 0.283. The van der Waals surface area contributed by atoms with Crippen LogP contribution in [0.1, 0.15) is 12.5 Å². The van der Waals surface area contributed by atoms with Gasteiger partial charge in [-0.15, -0.1) is 0 Å². The number of aromatic nitrogens is 8. The lowest BCUT2D eigenvalue weighted by Gasteiger charge is -2.33. The number of carbonyl (C=O) groups is 1. The Kier molecular flexibility index (Phi) is 9.57. The topological polar surface area (TPSA) is 285 Å². The van der Waals surface area contributed by atoms with Gasteiger partial charge in [0.15, 0.2) is 46.8 Å². The minimum absolute atomic E-state index is 0.0519. The highest BCUT2D eigenvalue weighted by molar-refractivity contribution is 8.44. The molecule has 4 fully saturated rings. The number of rotatable bonds is 6. The van der Waals surface area contributed by atoms with Gasteiger partial charge in [0.05, 0.1) is 32.5 Å². The summed E-state index contributed by atoms with van der Waals surface area (Å²) in [6.07, 6.45) is -7.07. The molecule has 4 saturated heterocycles. The van der Waals surface area contributed by atoms with Crippen molar-refractivity contribution in [2.24, 2.45) is 0 Å². The standard InChI is InChI=1S/C25H30FN11O12P2S2/c1-28-2-3-42-24(39)33-17-12-18(30-7-29-17)36(8-31-12)22-15-16-25(47-22,5-43-15)6-45-51(41,53)48-14-11(26)10(4-44-50(40,52)49-16)46-21(14)37-9-32-13-19(37)34-23(27)35-20(13)38/h7-11,14-16,21-22,28H,2-6H2,1H3,(H,40,52)(H,41,53)(H3,27,34,35,38)(H,29,30,33,39)/t10?,11-,14-,15-,16+,21-,22-,25-,50?,51?/m1/s1. The van der Waals surface area contributed by atoms with Gasteiger partial charge in [0.25, 0.3) is 5.56 Å². The normalized spacial score (nSPS) is 35.8. The molecule has 53 heavy (non-hydrogen) atoms. The minimum Gasteiger partial charge on any atom is -0.448 e. The third kappa shape index (κ3) is 6.74. The largest absolute Gasteiger partial charge is 0.448 e. The Balaban J connectivity index is 1.08. The number of likely N-dealkylation sites (N-methyl/N-ethyl adjacent to an activating group) is 1. The van der Waals surface area contributed by atoms with Crippen LogP contribution in [0.15, 0.2) is 23.8 Å². The molecule has 0 aliphatic carbocycles. The van der Waals surface area contributed by atoms with Crippen molar-refractivity contribution < 1.29 is 55.7 Å². The van der Waals surface area contributed by atoms with E-state index in [1.165, 1.54) is 21.8 Å². The Morgan fingerprint density at radius 1 is 1.17 bits per heavy atom. The summed E-state index contributed by atoms with van der Waals surface area (Å²) in [6.45, 7) is -9.65. The van der Waals surface area contributed by atoms with Gasteiger partial charge in [-0.2, -0.15) is 4.98 Å². The van der Waals surface area contributed by atoms with Gasteiger partial charge in [0.2, 0.25) is 5.95 Å². The molecule has 3 unspecified atom stereocenters. The summed E-state index contributed by atoms with van der Waals surface area (Å²) in [5.74, 6) is -0.203. The Hall–Kier alpha value is -3.23. The van der Waals surface area contributed by atoms with Crippen LogP contribution in [0.3, 0.4) is 0 Å². The van der Waals surface area contributed by atoms with Crippen LogP contribution in [0.2, 0.25) is 0 Å². The average molecular weight is 822 g/mol. The first-order chi connectivity index (χ1) is 25.3. The number of nitrogens with zero attached hydrogens (tertiary/aromatic N) is 7. The van der Waals surface area contributed by atoms with E-state index in [0.717, 1.165) is 6.33 Å². The summed E-state index contributed by atoms with van der Waals surface area (Å²) in [5, 5.41) is 5.38. The first kappa shape index (κ1) is 36.7. The number of nitrogens with one attached hydrogen (secondary N) is 3. The summed E-state index contributed by atoms with van der Waals surface area (Å²) in [4.78, 5) is 59.2. The van der Waals surface area contributed by atoms with Gasteiger partial charge in [-0.1, -0.05) is 12.2 Å². The second-order valence-electron chi connectivity index (χ2n) is 12.1. The number of hydrogen-bond donors (Lipinski definition) is 6. The zero-order chi connectivity index (χ0) is 37.3. The Morgan fingerprint density at radius 2 is 1.94 bits per heavy atom.